The lowest BCUT2D eigenvalue weighted by molar-refractivity contribution is 0.0751. The third-order valence-corrected chi connectivity index (χ3v) is 5.83. The molecule has 2 aliphatic heterocycles. The summed E-state index contributed by atoms with van der Waals surface area (Å²) >= 11 is 0. The molecule has 1 amide bonds. The fourth-order valence-electron chi connectivity index (χ4n) is 4.28. The van der Waals surface area contributed by atoms with Crippen LogP contribution in [-0.2, 0) is 0 Å². The number of hydrogen-bond acceptors (Lipinski definition) is 6. The number of carbonyl (C=O) groups excluding carboxylic acids is 1. The maximum atomic E-state index is 13.2. The highest BCUT2D eigenvalue weighted by Crippen LogP contribution is 2.29. The lowest BCUT2D eigenvalue weighted by atomic mass is 10.1. The first-order valence-electron chi connectivity index (χ1n) is 10.4. The molecular weight excluding hydrogens is 352 g/mol. The normalized spacial score (nSPS) is 19.1. The number of fused-ring (bicyclic) bond motifs is 1. The second kappa shape index (κ2) is 7.99. The van der Waals surface area contributed by atoms with Crippen LogP contribution in [0.2, 0.25) is 0 Å². The monoisotopic (exact) mass is 382 g/mol. The Morgan fingerprint density at radius 2 is 1.68 bits per heavy atom. The van der Waals surface area contributed by atoms with Crippen LogP contribution in [0, 0.1) is 13.8 Å². The molecule has 2 aromatic heterocycles. The number of carbonyl (C=O) groups is 1. The molecule has 0 spiro atoms. The summed E-state index contributed by atoms with van der Waals surface area (Å²) in [7, 11) is 2.10. The molecule has 2 aliphatic rings. The number of amides is 1. The van der Waals surface area contributed by atoms with Gasteiger partial charge in [-0.2, -0.15) is 0 Å². The Morgan fingerprint density at radius 3 is 2.46 bits per heavy atom. The summed E-state index contributed by atoms with van der Waals surface area (Å²) in [5.41, 5.74) is 2.69. The van der Waals surface area contributed by atoms with Crippen LogP contribution in [0.15, 0.2) is 6.07 Å². The highest BCUT2D eigenvalue weighted by atomic mass is 16.2. The topological polar surface area (TPSA) is 65.5 Å². The highest BCUT2D eigenvalue weighted by Gasteiger charge is 2.25. The Balaban J connectivity index is 1.77. The molecule has 0 saturated carbocycles. The van der Waals surface area contributed by atoms with Crippen molar-refractivity contribution in [1.82, 2.24) is 24.8 Å². The van der Waals surface area contributed by atoms with Gasteiger partial charge in [0.15, 0.2) is 5.65 Å². The smallest absolute Gasteiger partial charge is 0.291 e. The molecule has 2 fully saturated rings. The van der Waals surface area contributed by atoms with Gasteiger partial charge >= 0.3 is 0 Å². The predicted octanol–water partition coefficient (Wildman–Crippen LogP) is 2.41. The maximum absolute atomic E-state index is 13.2. The van der Waals surface area contributed by atoms with Crippen LogP contribution >= 0.6 is 0 Å². The summed E-state index contributed by atoms with van der Waals surface area (Å²) in [6.07, 6.45) is 4.55. The van der Waals surface area contributed by atoms with Crippen molar-refractivity contribution >= 4 is 22.8 Å². The Hall–Kier alpha value is -2.28. The van der Waals surface area contributed by atoms with Crippen molar-refractivity contribution < 1.29 is 4.79 Å². The van der Waals surface area contributed by atoms with E-state index in [1.54, 1.807) is 0 Å². The largest absolute Gasteiger partial charge is 0.356 e. The van der Waals surface area contributed by atoms with Gasteiger partial charge in [-0.25, -0.2) is 15.0 Å². The van der Waals surface area contributed by atoms with Gasteiger partial charge in [0, 0.05) is 38.4 Å². The second-order valence-electron chi connectivity index (χ2n) is 8.15. The summed E-state index contributed by atoms with van der Waals surface area (Å²) in [5.74, 6) is 1.09. The number of anilines is 1. The summed E-state index contributed by atoms with van der Waals surface area (Å²) in [4.78, 5) is 33.8. The van der Waals surface area contributed by atoms with Gasteiger partial charge in [-0.05, 0) is 64.8 Å². The quantitative estimate of drug-likeness (QED) is 0.795. The van der Waals surface area contributed by atoms with E-state index in [1.807, 2.05) is 11.8 Å². The van der Waals surface area contributed by atoms with Gasteiger partial charge in [0.2, 0.25) is 5.82 Å². The first-order valence-corrected chi connectivity index (χ1v) is 10.4. The molecule has 0 bridgehead atoms. The number of rotatable bonds is 2. The van der Waals surface area contributed by atoms with Crippen LogP contribution in [0.25, 0.3) is 11.0 Å². The third-order valence-electron chi connectivity index (χ3n) is 5.83. The number of likely N-dealkylation sites (N-methyl/N-ethyl adjacent to an activating group) is 1. The Bertz CT molecular complexity index is 877. The maximum Gasteiger partial charge on any atom is 0.291 e. The number of nitrogens with zero attached hydrogens (tertiary/aromatic N) is 6. The van der Waals surface area contributed by atoms with Gasteiger partial charge in [-0.3, -0.25) is 4.79 Å². The molecular formula is C21H30N6O. The van der Waals surface area contributed by atoms with Gasteiger partial charge in [-0.1, -0.05) is 0 Å². The Kier molecular flexibility index (Phi) is 5.44. The molecule has 0 N–H and O–H groups in total. The van der Waals surface area contributed by atoms with E-state index in [-0.39, 0.29) is 11.7 Å². The van der Waals surface area contributed by atoms with E-state index in [9.17, 15) is 4.79 Å². The minimum Gasteiger partial charge on any atom is -0.356 e. The van der Waals surface area contributed by atoms with E-state index in [2.05, 4.69) is 39.8 Å². The lowest BCUT2D eigenvalue weighted by Crippen LogP contribution is -2.36. The van der Waals surface area contributed by atoms with Gasteiger partial charge in [0.25, 0.3) is 5.91 Å². The summed E-state index contributed by atoms with van der Waals surface area (Å²) in [6.45, 7) is 9.38. The molecule has 0 atom stereocenters. The number of aryl methyl sites for hydroxylation is 2. The average Bonchev–Trinajstić information content (AvgIpc) is 2.91. The van der Waals surface area contributed by atoms with E-state index < -0.39 is 0 Å². The van der Waals surface area contributed by atoms with E-state index in [0.717, 1.165) is 81.0 Å². The Morgan fingerprint density at radius 1 is 0.893 bits per heavy atom. The summed E-state index contributed by atoms with van der Waals surface area (Å²) < 4.78 is 0. The molecule has 2 aromatic rings. The zero-order valence-corrected chi connectivity index (χ0v) is 17.2. The van der Waals surface area contributed by atoms with E-state index >= 15 is 0 Å². The summed E-state index contributed by atoms with van der Waals surface area (Å²) in [6, 6.07) is 2.07. The fraction of sp³-hybridized carbons (Fsp3) is 0.619. The van der Waals surface area contributed by atoms with Gasteiger partial charge in [0.1, 0.15) is 5.82 Å². The SMILES string of the molecule is Cc1cc(C)c2c(N3CCCCC3)nc(C(=O)N3CCCN(C)CC3)nc2n1. The van der Waals surface area contributed by atoms with Gasteiger partial charge < -0.3 is 14.7 Å². The van der Waals surface area contributed by atoms with Crippen LogP contribution < -0.4 is 4.90 Å². The lowest BCUT2D eigenvalue weighted by Gasteiger charge is -2.29. The fourth-order valence-corrected chi connectivity index (χ4v) is 4.28. The molecule has 4 heterocycles. The molecule has 0 aliphatic carbocycles. The van der Waals surface area contributed by atoms with Crippen LogP contribution in [0.3, 0.4) is 0 Å². The van der Waals surface area contributed by atoms with E-state index in [1.165, 1.54) is 6.42 Å². The molecule has 7 nitrogen and oxygen atoms in total. The number of aromatic nitrogens is 3. The molecule has 0 aromatic carbocycles. The minimum absolute atomic E-state index is 0.0728. The van der Waals surface area contributed by atoms with Crippen LogP contribution in [0.5, 0.6) is 0 Å². The van der Waals surface area contributed by atoms with E-state index in [0.29, 0.717) is 5.65 Å². The van der Waals surface area contributed by atoms with Crippen molar-refractivity contribution in [2.24, 2.45) is 0 Å². The van der Waals surface area contributed by atoms with Crippen molar-refractivity contribution in [3.8, 4) is 0 Å². The first kappa shape index (κ1) is 19.1. The van der Waals surface area contributed by atoms with Crippen LogP contribution in [-0.4, -0.2) is 77.0 Å². The van der Waals surface area contributed by atoms with Gasteiger partial charge in [-0.15, -0.1) is 0 Å². The van der Waals surface area contributed by atoms with Crippen molar-refractivity contribution in [2.75, 3.05) is 51.2 Å². The number of pyridine rings is 1. The second-order valence-corrected chi connectivity index (χ2v) is 8.15. The molecule has 150 valence electrons. The molecule has 2 saturated heterocycles. The summed E-state index contributed by atoms with van der Waals surface area (Å²) in [5, 5.41) is 0.986. The van der Waals surface area contributed by atoms with Crippen molar-refractivity contribution in [3.63, 3.8) is 0 Å². The van der Waals surface area contributed by atoms with Crippen molar-refractivity contribution in [1.29, 1.82) is 0 Å². The minimum atomic E-state index is -0.0728. The van der Waals surface area contributed by atoms with Crippen molar-refractivity contribution in [2.45, 2.75) is 39.5 Å². The average molecular weight is 383 g/mol. The van der Waals surface area contributed by atoms with E-state index in [4.69, 9.17) is 4.98 Å². The highest BCUT2D eigenvalue weighted by molar-refractivity contribution is 5.96. The van der Waals surface area contributed by atoms with Crippen molar-refractivity contribution in [3.05, 3.63) is 23.1 Å². The van der Waals surface area contributed by atoms with Crippen LogP contribution in [0.4, 0.5) is 5.82 Å². The molecule has 0 radical (unpaired) electrons. The number of piperidine rings is 1. The molecule has 4 rings (SSSR count). The third kappa shape index (κ3) is 3.81. The first-order chi connectivity index (χ1) is 13.5. The standard InChI is InChI=1S/C21H30N6O/c1-15-14-16(2)22-18-17(15)20(26-9-5-4-6-10-26)24-19(23-18)21(28)27-11-7-8-25(3)12-13-27/h14H,4-13H2,1-3H3. The molecule has 7 heteroatoms. The predicted molar refractivity (Wildman–Crippen MR) is 111 cm³/mol. The zero-order valence-electron chi connectivity index (χ0n) is 17.2. The molecule has 28 heavy (non-hydrogen) atoms. The van der Waals surface area contributed by atoms with Crippen LogP contribution in [0.1, 0.15) is 47.6 Å². The number of hydrogen-bond donors (Lipinski definition) is 0. The molecule has 0 unspecified atom stereocenters. The zero-order chi connectivity index (χ0) is 19.7. The Labute approximate surface area is 166 Å². The van der Waals surface area contributed by atoms with Gasteiger partial charge in [0.05, 0.1) is 5.39 Å².